The molecule has 0 unspecified atom stereocenters. The number of rotatable bonds is 5. The van der Waals surface area contributed by atoms with Crippen LogP contribution in [0.25, 0.3) is 0 Å². The van der Waals surface area contributed by atoms with Crippen molar-refractivity contribution in [2.45, 2.75) is 34.1 Å². The molecule has 4 heteroatoms. The molecule has 0 aromatic rings. The third kappa shape index (κ3) is 2.74. The van der Waals surface area contributed by atoms with Crippen molar-refractivity contribution in [3.63, 3.8) is 0 Å². The summed E-state index contributed by atoms with van der Waals surface area (Å²) >= 11 is 0. The maximum atomic E-state index is 11.9. The molecule has 0 N–H and O–H groups in total. The van der Waals surface area contributed by atoms with Crippen LogP contribution in [0.1, 0.15) is 34.1 Å². The molecule has 0 heterocycles. The lowest BCUT2D eigenvalue weighted by atomic mass is 9.71. The molecule has 0 rings (SSSR count). The molecule has 0 atom stereocenters. The number of esters is 2. The number of carbonyl (C=O) groups excluding carboxylic acids is 2. The highest BCUT2D eigenvalue weighted by molar-refractivity contribution is 6.00. The van der Waals surface area contributed by atoms with E-state index >= 15 is 0 Å². The molecule has 0 aliphatic heterocycles. The van der Waals surface area contributed by atoms with Gasteiger partial charge in [-0.1, -0.05) is 27.7 Å². The monoisotopic (exact) mass is 230 g/mol. The molecule has 0 bridgehead atoms. The summed E-state index contributed by atoms with van der Waals surface area (Å²) in [6.07, 6.45) is 0.435. The Morgan fingerprint density at radius 1 is 1.00 bits per heavy atom. The van der Waals surface area contributed by atoms with E-state index in [1.807, 2.05) is 27.7 Å². The van der Waals surface area contributed by atoms with E-state index in [0.717, 1.165) is 0 Å². The standard InChI is InChI=1S/C12H22O4/c1-8(2)7-12(9(3)4,10(13)15-5)11(14)16-6/h8-9H,7H2,1-6H3. The summed E-state index contributed by atoms with van der Waals surface area (Å²) in [5.74, 6) is -0.971. The molecule has 0 aliphatic carbocycles. The zero-order valence-corrected chi connectivity index (χ0v) is 11.0. The first-order valence-corrected chi connectivity index (χ1v) is 5.49. The molecule has 0 spiro atoms. The summed E-state index contributed by atoms with van der Waals surface area (Å²) in [5, 5.41) is 0. The Kier molecular flexibility index (Phi) is 5.48. The van der Waals surface area contributed by atoms with Crippen molar-refractivity contribution in [2.75, 3.05) is 14.2 Å². The van der Waals surface area contributed by atoms with Crippen LogP contribution in [0, 0.1) is 17.3 Å². The molecule has 0 saturated heterocycles. The van der Waals surface area contributed by atoms with Crippen molar-refractivity contribution in [1.29, 1.82) is 0 Å². The smallest absolute Gasteiger partial charge is 0.323 e. The van der Waals surface area contributed by atoms with Crippen molar-refractivity contribution >= 4 is 11.9 Å². The normalized spacial score (nSPS) is 11.8. The minimum atomic E-state index is -1.18. The van der Waals surface area contributed by atoms with E-state index in [9.17, 15) is 9.59 Å². The van der Waals surface area contributed by atoms with Crippen molar-refractivity contribution in [3.05, 3.63) is 0 Å². The van der Waals surface area contributed by atoms with Gasteiger partial charge in [0.25, 0.3) is 0 Å². The maximum absolute atomic E-state index is 11.9. The lowest BCUT2D eigenvalue weighted by molar-refractivity contribution is -0.174. The largest absolute Gasteiger partial charge is 0.468 e. The fourth-order valence-electron chi connectivity index (χ4n) is 1.97. The fraction of sp³-hybridized carbons (Fsp3) is 0.833. The zero-order valence-electron chi connectivity index (χ0n) is 11.0. The predicted octanol–water partition coefficient (Wildman–Crippen LogP) is 2.02. The van der Waals surface area contributed by atoms with Crippen LogP contribution in [-0.2, 0) is 19.1 Å². The fourth-order valence-corrected chi connectivity index (χ4v) is 1.97. The Bertz CT molecular complexity index is 240. The summed E-state index contributed by atoms with van der Waals surface area (Å²) in [5.41, 5.74) is -1.18. The van der Waals surface area contributed by atoms with Gasteiger partial charge in [0.15, 0.2) is 5.41 Å². The molecule has 16 heavy (non-hydrogen) atoms. The number of methoxy groups -OCH3 is 2. The van der Waals surface area contributed by atoms with Gasteiger partial charge in [0.2, 0.25) is 0 Å². The Morgan fingerprint density at radius 3 is 1.56 bits per heavy atom. The first-order chi connectivity index (χ1) is 7.32. The molecule has 0 fully saturated rings. The summed E-state index contributed by atoms with van der Waals surface area (Å²) in [7, 11) is 2.59. The molecular weight excluding hydrogens is 208 g/mol. The van der Waals surface area contributed by atoms with Gasteiger partial charge in [0, 0.05) is 0 Å². The van der Waals surface area contributed by atoms with E-state index in [-0.39, 0.29) is 11.8 Å². The van der Waals surface area contributed by atoms with Gasteiger partial charge in [0.05, 0.1) is 14.2 Å². The van der Waals surface area contributed by atoms with Gasteiger partial charge in [-0.25, -0.2) is 0 Å². The summed E-state index contributed by atoms with van der Waals surface area (Å²) in [4.78, 5) is 23.8. The minimum absolute atomic E-state index is 0.158. The maximum Gasteiger partial charge on any atom is 0.323 e. The SMILES string of the molecule is COC(=O)C(CC(C)C)(C(=O)OC)C(C)C. The summed E-state index contributed by atoms with van der Waals surface area (Å²) in [6, 6.07) is 0. The van der Waals surface area contributed by atoms with Crippen LogP contribution in [0.2, 0.25) is 0 Å². The van der Waals surface area contributed by atoms with Crippen molar-refractivity contribution in [3.8, 4) is 0 Å². The quantitative estimate of drug-likeness (QED) is 0.535. The van der Waals surface area contributed by atoms with Gasteiger partial charge in [-0.05, 0) is 18.3 Å². The molecule has 0 aromatic heterocycles. The van der Waals surface area contributed by atoms with Crippen LogP contribution in [-0.4, -0.2) is 26.2 Å². The lowest BCUT2D eigenvalue weighted by Gasteiger charge is -2.33. The van der Waals surface area contributed by atoms with Gasteiger partial charge in [-0.15, -0.1) is 0 Å². The highest BCUT2D eigenvalue weighted by Gasteiger charge is 2.51. The van der Waals surface area contributed by atoms with E-state index < -0.39 is 17.4 Å². The Morgan fingerprint density at radius 2 is 1.38 bits per heavy atom. The second kappa shape index (κ2) is 5.87. The second-order valence-corrected chi connectivity index (χ2v) is 4.71. The number of hydrogen-bond acceptors (Lipinski definition) is 4. The van der Waals surface area contributed by atoms with Crippen LogP contribution in [0.5, 0.6) is 0 Å². The van der Waals surface area contributed by atoms with Gasteiger partial charge in [-0.3, -0.25) is 9.59 Å². The highest BCUT2D eigenvalue weighted by Crippen LogP contribution is 2.37. The van der Waals surface area contributed by atoms with E-state index in [2.05, 4.69) is 0 Å². The second-order valence-electron chi connectivity index (χ2n) is 4.71. The molecule has 94 valence electrons. The third-order valence-electron chi connectivity index (χ3n) is 2.82. The molecule has 4 nitrogen and oxygen atoms in total. The summed E-state index contributed by atoms with van der Waals surface area (Å²) in [6.45, 7) is 7.58. The molecule has 0 amide bonds. The van der Waals surface area contributed by atoms with Gasteiger partial charge in [0.1, 0.15) is 0 Å². The van der Waals surface area contributed by atoms with Crippen molar-refractivity contribution in [2.24, 2.45) is 17.3 Å². The van der Waals surface area contributed by atoms with Gasteiger partial charge in [-0.2, -0.15) is 0 Å². The lowest BCUT2D eigenvalue weighted by Crippen LogP contribution is -2.46. The Hall–Kier alpha value is -1.06. The highest BCUT2D eigenvalue weighted by atomic mass is 16.5. The van der Waals surface area contributed by atoms with Gasteiger partial charge < -0.3 is 9.47 Å². The molecular formula is C12H22O4. The van der Waals surface area contributed by atoms with Crippen LogP contribution in [0.3, 0.4) is 0 Å². The van der Waals surface area contributed by atoms with Crippen molar-refractivity contribution < 1.29 is 19.1 Å². The molecule has 0 aliphatic rings. The first-order valence-electron chi connectivity index (χ1n) is 5.49. The van der Waals surface area contributed by atoms with E-state index in [0.29, 0.717) is 6.42 Å². The average Bonchev–Trinajstić information content (AvgIpc) is 2.22. The van der Waals surface area contributed by atoms with E-state index in [1.165, 1.54) is 14.2 Å². The van der Waals surface area contributed by atoms with E-state index in [4.69, 9.17) is 9.47 Å². The first kappa shape index (κ1) is 14.9. The van der Waals surface area contributed by atoms with Crippen LogP contribution in [0.15, 0.2) is 0 Å². The number of carbonyl (C=O) groups is 2. The summed E-state index contributed by atoms with van der Waals surface area (Å²) < 4.78 is 9.52. The third-order valence-corrected chi connectivity index (χ3v) is 2.82. The van der Waals surface area contributed by atoms with Crippen LogP contribution >= 0.6 is 0 Å². The van der Waals surface area contributed by atoms with Crippen molar-refractivity contribution in [1.82, 2.24) is 0 Å². The Labute approximate surface area is 97.3 Å². The predicted molar refractivity (Wildman–Crippen MR) is 60.8 cm³/mol. The molecule has 0 radical (unpaired) electrons. The average molecular weight is 230 g/mol. The van der Waals surface area contributed by atoms with Crippen LogP contribution in [0.4, 0.5) is 0 Å². The van der Waals surface area contributed by atoms with Gasteiger partial charge >= 0.3 is 11.9 Å². The molecule has 0 aromatic carbocycles. The number of ether oxygens (including phenoxy) is 2. The topological polar surface area (TPSA) is 52.6 Å². The number of hydrogen-bond donors (Lipinski definition) is 0. The minimum Gasteiger partial charge on any atom is -0.468 e. The van der Waals surface area contributed by atoms with Crippen LogP contribution < -0.4 is 0 Å². The van der Waals surface area contributed by atoms with E-state index in [1.54, 1.807) is 0 Å². The molecule has 0 saturated carbocycles. The zero-order chi connectivity index (χ0) is 12.9. The Balaban J connectivity index is 5.39.